The molecule has 1 N–H and O–H groups in total. The Morgan fingerprint density at radius 3 is 2.73 bits per heavy atom. The zero-order chi connectivity index (χ0) is 18.7. The molecule has 0 aliphatic heterocycles. The number of hydrogen-bond donors (Lipinski definition) is 1. The molecule has 0 aliphatic rings. The van der Waals surface area contributed by atoms with Crippen LogP contribution in [0.2, 0.25) is 0 Å². The SMILES string of the molecule is C#CCn1c(CCC)nc2sc(C(=O)Nc3ccccc3)c(C)c2c1=O. The number of amides is 1. The highest BCUT2D eigenvalue weighted by Crippen LogP contribution is 2.28. The van der Waals surface area contributed by atoms with Crippen LogP contribution in [0.15, 0.2) is 35.1 Å². The summed E-state index contributed by atoms with van der Waals surface area (Å²) in [5.74, 6) is 2.94. The molecule has 0 radical (unpaired) electrons. The molecule has 0 fully saturated rings. The minimum Gasteiger partial charge on any atom is -0.321 e. The lowest BCUT2D eigenvalue weighted by Gasteiger charge is -2.08. The molecule has 0 spiro atoms. The van der Waals surface area contributed by atoms with Crippen LogP contribution in [0.1, 0.15) is 34.4 Å². The lowest BCUT2D eigenvalue weighted by molar-refractivity contribution is 0.103. The molecule has 132 valence electrons. The van der Waals surface area contributed by atoms with E-state index in [-0.39, 0.29) is 18.0 Å². The van der Waals surface area contributed by atoms with Crippen LogP contribution in [0.4, 0.5) is 5.69 Å². The molecule has 1 aromatic carbocycles. The number of carbonyl (C=O) groups excluding carboxylic acids is 1. The van der Waals surface area contributed by atoms with Gasteiger partial charge in [-0.25, -0.2) is 4.98 Å². The molecule has 0 aliphatic carbocycles. The lowest BCUT2D eigenvalue weighted by Crippen LogP contribution is -2.25. The van der Waals surface area contributed by atoms with Crippen LogP contribution in [0.3, 0.4) is 0 Å². The Labute approximate surface area is 155 Å². The van der Waals surface area contributed by atoms with Gasteiger partial charge in [-0.1, -0.05) is 31.0 Å². The third-order valence-electron chi connectivity index (χ3n) is 4.09. The van der Waals surface area contributed by atoms with E-state index in [0.717, 1.165) is 6.42 Å². The fourth-order valence-electron chi connectivity index (χ4n) is 2.85. The van der Waals surface area contributed by atoms with Crippen molar-refractivity contribution in [3.05, 3.63) is 57.0 Å². The van der Waals surface area contributed by atoms with Gasteiger partial charge in [0, 0.05) is 12.1 Å². The van der Waals surface area contributed by atoms with Crippen LogP contribution in [0, 0.1) is 19.3 Å². The molecule has 0 atom stereocenters. The van der Waals surface area contributed by atoms with E-state index in [9.17, 15) is 9.59 Å². The fraction of sp³-hybridized carbons (Fsp3) is 0.250. The number of aromatic nitrogens is 2. The minimum atomic E-state index is -0.239. The topological polar surface area (TPSA) is 64.0 Å². The molecule has 5 nitrogen and oxygen atoms in total. The van der Waals surface area contributed by atoms with Crippen molar-refractivity contribution in [2.45, 2.75) is 33.2 Å². The maximum atomic E-state index is 12.9. The van der Waals surface area contributed by atoms with Gasteiger partial charge < -0.3 is 5.32 Å². The number of nitrogens with zero attached hydrogens (tertiary/aromatic N) is 2. The number of nitrogens with one attached hydrogen (secondary N) is 1. The highest BCUT2D eigenvalue weighted by Gasteiger charge is 2.21. The quantitative estimate of drug-likeness (QED) is 0.703. The summed E-state index contributed by atoms with van der Waals surface area (Å²) in [6, 6.07) is 9.22. The molecule has 0 saturated heterocycles. The highest BCUT2D eigenvalue weighted by atomic mass is 32.1. The van der Waals surface area contributed by atoms with Crippen LogP contribution in [-0.2, 0) is 13.0 Å². The molecule has 6 heteroatoms. The van der Waals surface area contributed by atoms with Crippen molar-refractivity contribution in [2.24, 2.45) is 0 Å². The molecule has 2 aromatic heterocycles. The van der Waals surface area contributed by atoms with Crippen LogP contribution >= 0.6 is 11.3 Å². The Morgan fingerprint density at radius 2 is 2.08 bits per heavy atom. The number of aryl methyl sites for hydroxylation is 2. The van der Waals surface area contributed by atoms with Crippen molar-refractivity contribution in [3.63, 3.8) is 0 Å². The van der Waals surface area contributed by atoms with Gasteiger partial charge in [-0.2, -0.15) is 0 Å². The summed E-state index contributed by atoms with van der Waals surface area (Å²) in [6.45, 7) is 3.98. The summed E-state index contributed by atoms with van der Waals surface area (Å²) < 4.78 is 1.53. The monoisotopic (exact) mass is 365 g/mol. The summed E-state index contributed by atoms with van der Waals surface area (Å²) in [5.41, 5.74) is 1.17. The van der Waals surface area contributed by atoms with Gasteiger partial charge in [0.1, 0.15) is 10.7 Å². The minimum absolute atomic E-state index is 0.177. The van der Waals surface area contributed by atoms with Gasteiger partial charge in [-0.3, -0.25) is 14.2 Å². The summed E-state index contributed by atoms with van der Waals surface area (Å²) >= 11 is 1.24. The maximum Gasteiger partial charge on any atom is 0.266 e. The second-order valence-electron chi connectivity index (χ2n) is 5.93. The molecule has 0 bridgehead atoms. The van der Waals surface area contributed by atoms with E-state index in [1.54, 1.807) is 6.92 Å². The standard InChI is InChI=1S/C20H19N3O2S/c1-4-9-15-22-19-16(20(25)23(15)12-5-2)13(3)17(26-19)18(24)21-14-10-7-6-8-11-14/h2,6-8,10-11H,4,9,12H2,1,3H3,(H,21,24). The normalized spacial score (nSPS) is 10.7. The van der Waals surface area contributed by atoms with E-state index >= 15 is 0 Å². The van der Waals surface area contributed by atoms with E-state index in [1.165, 1.54) is 15.9 Å². The Morgan fingerprint density at radius 1 is 1.35 bits per heavy atom. The molecule has 0 saturated carbocycles. The first-order valence-electron chi connectivity index (χ1n) is 8.39. The van der Waals surface area contributed by atoms with Gasteiger partial charge in [-0.15, -0.1) is 17.8 Å². The van der Waals surface area contributed by atoms with Crippen molar-refractivity contribution in [1.29, 1.82) is 0 Å². The van der Waals surface area contributed by atoms with E-state index in [1.807, 2.05) is 37.3 Å². The van der Waals surface area contributed by atoms with E-state index in [2.05, 4.69) is 16.2 Å². The van der Waals surface area contributed by atoms with Crippen LogP contribution in [0.25, 0.3) is 10.2 Å². The average molecular weight is 365 g/mol. The molecule has 1 amide bonds. The second kappa shape index (κ2) is 7.54. The van der Waals surface area contributed by atoms with E-state index < -0.39 is 0 Å². The Kier molecular flexibility index (Phi) is 5.19. The number of hydrogen-bond acceptors (Lipinski definition) is 4. The number of thiophene rings is 1. The van der Waals surface area contributed by atoms with Crippen LogP contribution < -0.4 is 10.9 Å². The van der Waals surface area contributed by atoms with Gasteiger partial charge in [0.25, 0.3) is 11.5 Å². The number of carbonyl (C=O) groups is 1. The number of para-hydroxylation sites is 1. The summed E-state index contributed by atoms with van der Waals surface area (Å²) in [5, 5.41) is 3.34. The first-order chi connectivity index (χ1) is 12.6. The Bertz CT molecular complexity index is 1060. The van der Waals surface area contributed by atoms with Crippen molar-refractivity contribution >= 4 is 33.1 Å². The van der Waals surface area contributed by atoms with Gasteiger partial charge >= 0.3 is 0 Å². The lowest BCUT2D eigenvalue weighted by atomic mass is 10.2. The molecular weight excluding hydrogens is 346 g/mol. The van der Waals surface area contributed by atoms with Gasteiger partial charge in [0.15, 0.2) is 0 Å². The molecule has 2 heterocycles. The zero-order valence-electron chi connectivity index (χ0n) is 14.7. The second-order valence-corrected chi connectivity index (χ2v) is 6.93. The van der Waals surface area contributed by atoms with Crippen molar-refractivity contribution in [1.82, 2.24) is 9.55 Å². The molecule has 3 rings (SSSR count). The number of rotatable bonds is 5. The molecule has 0 unspecified atom stereocenters. The van der Waals surface area contributed by atoms with E-state index in [4.69, 9.17) is 6.42 Å². The summed E-state index contributed by atoms with van der Waals surface area (Å²) in [7, 11) is 0. The van der Waals surface area contributed by atoms with Crippen LogP contribution in [0.5, 0.6) is 0 Å². The average Bonchev–Trinajstić information content (AvgIpc) is 2.96. The smallest absolute Gasteiger partial charge is 0.266 e. The highest BCUT2D eigenvalue weighted by molar-refractivity contribution is 7.20. The molecule has 3 aromatic rings. The predicted octanol–water partition coefficient (Wildman–Crippen LogP) is 3.60. The Hall–Kier alpha value is -2.91. The summed E-state index contributed by atoms with van der Waals surface area (Å²) in [6.07, 6.45) is 6.93. The number of terminal acetylenes is 1. The van der Waals surface area contributed by atoms with E-state index in [0.29, 0.717) is 38.6 Å². The van der Waals surface area contributed by atoms with Gasteiger partial charge in [0.2, 0.25) is 0 Å². The van der Waals surface area contributed by atoms with Crippen LogP contribution in [-0.4, -0.2) is 15.5 Å². The van der Waals surface area contributed by atoms with Gasteiger partial charge in [-0.05, 0) is 31.0 Å². The summed E-state index contributed by atoms with van der Waals surface area (Å²) in [4.78, 5) is 31.3. The number of benzene rings is 1. The zero-order valence-corrected chi connectivity index (χ0v) is 15.5. The number of fused-ring (bicyclic) bond motifs is 1. The van der Waals surface area contributed by atoms with Gasteiger partial charge in [0.05, 0.1) is 16.8 Å². The molecular formula is C20H19N3O2S. The fourth-order valence-corrected chi connectivity index (χ4v) is 3.94. The largest absolute Gasteiger partial charge is 0.321 e. The third-order valence-corrected chi connectivity index (χ3v) is 5.27. The first kappa shape index (κ1) is 17.9. The molecule has 26 heavy (non-hydrogen) atoms. The first-order valence-corrected chi connectivity index (χ1v) is 9.21. The Balaban J connectivity index is 2.10. The van der Waals surface area contributed by atoms with Crippen molar-refractivity contribution < 1.29 is 4.79 Å². The maximum absolute atomic E-state index is 12.9. The number of anilines is 1. The predicted molar refractivity (Wildman–Crippen MR) is 106 cm³/mol. The van der Waals surface area contributed by atoms with Crippen molar-refractivity contribution in [2.75, 3.05) is 5.32 Å². The third kappa shape index (κ3) is 3.26. The van der Waals surface area contributed by atoms with Crippen molar-refractivity contribution in [3.8, 4) is 12.3 Å².